The van der Waals surface area contributed by atoms with E-state index in [4.69, 9.17) is 9.72 Å². The summed E-state index contributed by atoms with van der Waals surface area (Å²) in [6.45, 7) is 6.02. The standard InChI is InChI=1S/C24H26FN3O/c1-4-16(2)15-28-23(11-12-29-3)27-22-14-26-21-10-7-18(13-20(21)24(22)28)17-5-8-19(25)9-6-17/h5-10,13-14,16H,4,11-12,15H2,1-3H3. The van der Waals surface area contributed by atoms with Gasteiger partial charge in [-0.1, -0.05) is 38.5 Å². The van der Waals surface area contributed by atoms with Crippen LogP contribution in [0.15, 0.2) is 48.7 Å². The van der Waals surface area contributed by atoms with Gasteiger partial charge in [-0.15, -0.1) is 0 Å². The minimum absolute atomic E-state index is 0.229. The molecule has 2 heterocycles. The SMILES string of the molecule is CCC(C)Cn1c(CCOC)nc2cnc3ccc(-c4ccc(F)cc4)cc3c21. The molecule has 0 aliphatic rings. The fraction of sp³-hybridized carbons (Fsp3) is 0.333. The molecule has 0 spiro atoms. The number of hydrogen-bond acceptors (Lipinski definition) is 3. The second-order valence-electron chi connectivity index (χ2n) is 7.63. The van der Waals surface area contributed by atoms with Crippen molar-refractivity contribution in [1.29, 1.82) is 0 Å². The number of benzene rings is 2. The maximum absolute atomic E-state index is 13.3. The van der Waals surface area contributed by atoms with Crippen LogP contribution in [-0.4, -0.2) is 28.3 Å². The number of nitrogens with zero attached hydrogens (tertiary/aromatic N) is 3. The van der Waals surface area contributed by atoms with Crippen molar-refractivity contribution < 1.29 is 9.13 Å². The van der Waals surface area contributed by atoms with Crippen molar-refractivity contribution in [2.24, 2.45) is 5.92 Å². The average molecular weight is 391 g/mol. The first kappa shape index (κ1) is 19.5. The highest BCUT2D eigenvalue weighted by molar-refractivity contribution is 6.04. The summed E-state index contributed by atoms with van der Waals surface area (Å²) in [6.07, 6.45) is 3.73. The number of ether oxygens (including phenoxy) is 1. The van der Waals surface area contributed by atoms with Crippen LogP contribution in [0.3, 0.4) is 0 Å². The summed E-state index contributed by atoms with van der Waals surface area (Å²) in [5.41, 5.74) is 4.99. The lowest BCUT2D eigenvalue weighted by Crippen LogP contribution is -2.12. The topological polar surface area (TPSA) is 39.9 Å². The van der Waals surface area contributed by atoms with Crippen molar-refractivity contribution in [1.82, 2.24) is 14.5 Å². The highest BCUT2D eigenvalue weighted by atomic mass is 19.1. The van der Waals surface area contributed by atoms with E-state index in [1.165, 1.54) is 12.1 Å². The molecule has 150 valence electrons. The van der Waals surface area contributed by atoms with Gasteiger partial charge >= 0.3 is 0 Å². The molecule has 0 amide bonds. The summed E-state index contributed by atoms with van der Waals surface area (Å²) in [5, 5.41) is 1.07. The van der Waals surface area contributed by atoms with Crippen molar-refractivity contribution in [3.63, 3.8) is 0 Å². The molecular weight excluding hydrogens is 365 g/mol. The number of fused-ring (bicyclic) bond motifs is 3. The van der Waals surface area contributed by atoms with Crippen molar-refractivity contribution in [2.45, 2.75) is 33.2 Å². The van der Waals surface area contributed by atoms with Gasteiger partial charge in [0.05, 0.1) is 23.8 Å². The molecule has 4 nitrogen and oxygen atoms in total. The minimum atomic E-state index is -0.229. The number of methoxy groups -OCH3 is 1. The van der Waals surface area contributed by atoms with Crippen molar-refractivity contribution in [3.05, 3.63) is 60.3 Å². The number of aromatic nitrogens is 3. The largest absolute Gasteiger partial charge is 0.384 e. The Kier molecular flexibility index (Phi) is 5.58. The molecule has 0 aliphatic carbocycles. The van der Waals surface area contributed by atoms with E-state index in [0.717, 1.165) is 58.3 Å². The maximum Gasteiger partial charge on any atom is 0.123 e. The van der Waals surface area contributed by atoms with Crippen molar-refractivity contribution in [3.8, 4) is 11.1 Å². The van der Waals surface area contributed by atoms with Gasteiger partial charge in [0.2, 0.25) is 0 Å². The summed E-state index contributed by atoms with van der Waals surface area (Å²) in [7, 11) is 1.72. The molecule has 0 saturated carbocycles. The molecular formula is C24H26FN3O. The van der Waals surface area contributed by atoms with E-state index in [2.05, 4.69) is 29.5 Å². The van der Waals surface area contributed by atoms with Crippen LogP contribution >= 0.6 is 0 Å². The molecule has 0 bridgehead atoms. The third kappa shape index (κ3) is 3.87. The van der Waals surface area contributed by atoms with Crippen LogP contribution in [0.4, 0.5) is 4.39 Å². The van der Waals surface area contributed by atoms with Crippen LogP contribution in [0.1, 0.15) is 26.1 Å². The maximum atomic E-state index is 13.3. The zero-order valence-corrected chi connectivity index (χ0v) is 17.2. The van der Waals surface area contributed by atoms with Gasteiger partial charge in [0, 0.05) is 25.5 Å². The molecule has 29 heavy (non-hydrogen) atoms. The molecule has 0 radical (unpaired) electrons. The quantitative estimate of drug-likeness (QED) is 0.410. The van der Waals surface area contributed by atoms with Gasteiger partial charge in [0.15, 0.2) is 0 Å². The Labute approximate surface area is 170 Å². The number of halogens is 1. The van der Waals surface area contributed by atoms with E-state index in [9.17, 15) is 4.39 Å². The highest BCUT2D eigenvalue weighted by Crippen LogP contribution is 2.30. The summed E-state index contributed by atoms with van der Waals surface area (Å²) in [6, 6.07) is 12.8. The summed E-state index contributed by atoms with van der Waals surface area (Å²) in [5.74, 6) is 1.34. The predicted octanol–water partition coefficient (Wildman–Crippen LogP) is 5.63. The second kappa shape index (κ2) is 8.29. The molecule has 4 aromatic rings. The van der Waals surface area contributed by atoms with Gasteiger partial charge in [-0.3, -0.25) is 4.98 Å². The molecule has 2 aromatic carbocycles. The smallest absolute Gasteiger partial charge is 0.123 e. The monoisotopic (exact) mass is 391 g/mol. The van der Waals surface area contributed by atoms with Gasteiger partial charge in [0.1, 0.15) is 17.2 Å². The Hall–Kier alpha value is -2.79. The van der Waals surface area contributed by atoms with E-state index in [1.54, 1.807) is 7.11 Å². The lowest BCUT2D eigenvalue weighted by atomic mass is 10.0. The molecule has 0 saturated heterocycles. The van der Waals surface area contributed by atoms with Crippen molar-refractivity contribution in [2.75, 3.05) is 13.7 Å². The van der Waals surface area contributed by atoms with Crippen LogP contribution in [-0.2, 0) is 17.7 Å². The van der Waals surface area contributed by atoms with Crippen LogP contribution in [0.25, 0.3) is 33.1 Å². The Morgan fingerprint density at radius 2 is 1.83 bits per heavy atom. The Morgan fingerprint density at radius 3 is 2.55 bits per heavy atom. The summed E-state index contributed by atoms with van der Waals surface area (Å²) < 4.78 is 21.0. The van der Waals surface area contributed by atoms with Crippen LogP contribution in [0, 0.1) is 11.7 Å². The van der Waals surface area contributed by atoms with Crippen LogP contribution < -0.4 is 0 Å². The lowest BCUT2D eigenvalue weighted by Gasteiger charge is -2.15. The van der Waals surface area contributed by atoms with Gasteiger partial charge in [0.25, 0.3) is 0 Å². The third-order valence-corrected chi connectivity index (χ3v) is 5.55. The van der Waals surface area contributed by atoms with E-state index >= 15 is 0 Å². The number of pyridine rings is 1. The number of rotatable bonds is 7. The van der Waals surface area contributed by atoms with E-state index < -0.39 is 0 Å². The summed E-state index contributed by atoms with van der Waals surface area (Å²) >= 11 is 0. The molecule has 1 unspecified atom stereocenters. The minimum Gasteiger partial charge on any atom is -0.384 e. The van der Waals surface area contributed by atoms with E-state index in [-0.39, 0.29) is 5.82 Å². The number of imidazole rings is 1. The van der Waals surface area contributed by atoms with Gasteiger partial charge in [-0.05, 0) is 41.3 Å². The zero-order valence-electron chi connectivity index (χ0n) is 17.2. The first-order valence-corrected chi connectivity index (χ1v) is 10.1. The number of hydrogen-bond donors (Lipinski definition) is 0. The second-order valence-corrected chi connectivity index (χ2v) is 7.63. The van der Waals surface area contributed by atoms with Gasteiger partial charge < -0.3 is 9.30 Å². The fourth-order valence-electron chi connectivity index (χ4n) is 3.71. The molecule has 2 aromatic heterocycles. The fourth-order valence-corrected chi connectivity index (χ4v) is 3.71. The Balaban J connectivity index is 1.92. The normalized spacial score (nSPS) is 12.7. The molecule has 0 aliphatic heterocycles. The lowest BCUT2D eigenvalue weighted by molar-refractivity contribution is 0.199. The van der Waals surface area contributed by atoms with E-state index in [0.29, 0.717) is 12.5 Å². The highest BCUT2D eigenvalue weighted by Gasteiger charge is 2.16. The molecule has 4 rings (SSSR count). The summed E-state index contributed by atoms with van der Waals surface area (Å²) in [4.78, 5) is 9.50. The van der Waals surface area contributed by atoms with Crippen LogP contribution in [0.2, 0.25) is 0 Å². The molecule has 1 atom stereocenters. The van der Waals surface area contributed by atoms with Gasteiger partial charge in [-0.2, -0.15) is 0 Å². The van der Waals surface area contributed by atoms with E-state index in [1.807, 2.05) is 30.5 Å². The van der Waals surface area contributed by atoms with Crippen LogP contribution in [0.5, 0.6) is 0 Å². The molecule has 5 heteroatoms. The Morgan fingerprint density at radius 1 is 1.07 bits per heavy atom. The predicted molar refractivity (Wildman–Crippen MR) is 115 cm³/mol. The first-order valence-electron chi connectivity index (χ1n) is 10.1. The first-order chi connectivity index (χ1) is 14.1. The molecule has 0 N–H and O–H groups in total. The van der Waals surface area contributed by atoms with Gasteiger partial charge in [-0.25, -0.2) is 9.37 Å². The van der Waals surface area contributed by atoms with Crippen molar-refractivity contribution >= 4 is 21.9 Å². The average Bonchev–Trinajstić information content (AvgIpc) is 3.10. The zero-order chi connectivity index (χ0) is 20.4. The Bertz CT molecular complexity index is 1130. The molecule has 0 fully saturated rings. The third-order valence-electron chi connectivity index (χ3n) is 5.55.